The minimum absolute atomic E-state index is 0.0234. The van der Waals surface area contributed by atoms with Crippen LogP contribution < -0.4 is 5.32 Å². The fourth-order valence-electron chi connectivity index (χ4n) is 3.30. The minimum Gasteiger partial charge on any atom is -0.392 e. The maximum atomic E-state index is 13.1. The van der Waals surface area contributed by atoms with E-state index in [4.69, 9.17) is 0 Å². The second kappa shape index (κ2) is 7.77. The van der Waals surface area contributed by atoms with Crippen molar-refractivity contribution in [2.24, 2.45) is 0 Å². The molecule has 0 bridgehead atoms. The summed E-state index contributed by atoms with van der Waals surface area (Å²) >= 11 is 0. The molecule has 23 heavy (non-hydrogen) atoms. The first-order valence-corrected chi connectivity index (χ1v) is 8.39. The molecular weight excluding hydrogens is 295 g/mol. The molecule has 3 atom stereocenters. The van der Waals surface area contributed by atoms with Crippen molar-refractivity contribution in [3.63, 3.8) is 0 Å². The Morgan fingerprint density at radius 1 is 1.30 bits per heavy atom. The highest BCUT2D eigenvalue weighted by atomic mass is 19.1. The Balaban J connectivity index is 2.05. The number of amides is 2. The summed E-state index contributed by atoms with van der Waals surface area (Å²) in [5.41, 5.74) is 1.07. The summed E-state index contributed by atoms with van der Waals surface area (Å²) in [6.45, 7) is 5.87. The van der Waals surface area contributed by atoms with Crippen LogP contribution in [0.2, 0.25) is 0 Å². The van der Waals surface area contributed by atoms with Crippen LogP contribution in [0.3, 0.4) is 0 Å². The molecule has 2 N–H and O–H groups in total. The van der Waals surface area contributed by atoms with Gasteiger partial charge in [-0.05, 0) is 51.3 Å². The highest BCUT2D eigenvalue weighted by molar-refractivity contribution is 5.75. The Hall–Kier alpha value is -1.62. The van der Waals surface area contributed by atoms with Gasteiger partial charge in [-0.1, -0.05) is 18.6 Å². The number of carbonyl (C=O) groups is 1. The van der Waals surface area contributed by atoms with Crippen LogP contribution in [0.1, 0.15) is 51.5 Å². The van der Waals surface area contributed by atoms with Crippen molar-refractivity contribution < 1.29 is 14.3 Å². The van der Waals surface area contributed by atoms with Crippen LogP contribution in [0.4, 0.5) is 9.18 Å². The number of carbonyl (C=O) groups excluding carboxylic acids is 1. The number of hydrogen-bond acceptors (Lipinski definition) is 2. The zero-order valence-electron chi connectivity index (χ0n) is 14.1. The number of hydrogen-bond donors (Lipinski definition) is 2. The number of benzene rings is 1. The Bertz CT molecular complexity index is 516. The van der Waals surface area contributed by atoms with Crippen LogP contribution in [0.15, 0.2) is 24.3 Å². The molecule has 2 rings (SSSR count). The van der Waals surface area contributed by atoms with E-state index in [0.29, 0.717) is 6.54 Å². The summed E-state index contributed by atoms with van der Waals surface area (Å²) < 4.78 is 13.1. The lowest BCUT2D eigenvalue weighted by molar-refractivity contribution is 0.117. The van der Waals surface area contributed by atoms with Gasteiger partial charge in [0.1, 0.15) is 5.82 Å². The molecule has 2 amide bonds. The van der Waals surface area contributed by atoms with Gasteiger partial charge < -0.3 is 15.3 Å². The van der Waals surface area contributed by atoms with Crippen molar-refractivity contribution in [2.45, 2.75) is 64.1 Å². The molecule has 1 aliphatic rings. The van der Waals surface area contributed by atoms with Crippen LogP contribution in [0.5, 0.6) is 0 Å². The molecule has 0 saturated heterocycles. The van der Waals surface area contributed by atoms with Crippen LogP contribution in [-0.4, -0.2) is 40.8 Å². The predicted molar refractivity (Wildman–Crippen MR) is 88.8 cm³/mol. The second-order valence-electron chi connectivity index (χ2n) is 6.74. The predicted octanol–water partition coefficient (Wildman–Crippen LogP) is 3.26. The van der Waals surface area contributed by atoms with Gasteiger partial charge in [-0.2, -0.15) is 0 Å². The van der Waals surface area contributed by atoms with E-state index in [-0.39, 0.29) is 29.8 Å². The van der Waals surface area contributed by atoms with E-state index in [9.17, 15) is 14.3 Å². The van der Waals surface area contributed by atoms with Gasteiger partial charge >= 0.3 is 6.03 Å². The summed E-state index contributed by atoms with van der Waals surface area (Å²) in [6, 6.07) is 6.50. The molecule has 0 radical (unpaired) electrons. The van der Waals surface area contributed by atoms with Gasteiger partial charge in [-0.3, -0.25) is 0 Å². The van der Waals surface area contributed by atoms with Gasteiger partial charge in [0.15, 0.2) is 0 Å². The summed E-state index contributed by atoms with van der Waals surface area (Å²) in [6.07, 6.45) is 2.41. The van der Waals surface area contributed by atoms with E-state index in [1.54, 1.807) is 24.0 Å². The van der Waals surface area contributed by atoms with Gasteiger partial charge in [0, 0.05) is 24.5 Å². The average Bonchev–Trinajstić information content (AvgIpc) is 2.93. The summed E-state index contributed by atoms with van der Waals surface area (Å²) in [7, 11) is 0. The van der Waals surface area contributed by atoms with E-state index in [2.05, 4.69) is 5.32 Å². The largest absolute Gasteiger partial charge is 0.392 e. The lowest BCUT2D eigenvalue weighted by Crippen LogP contribution is -2.50. The van der Waals surface area contributed by atoms with Gasteiger partial charge in [-0.15, -0.1) is 0 Å². The molecule has 0 spiro atoms. The fraction of sp³-hybridized carbons (Fsp3) is 0.611. The molecule has 0 heterocycles. The molecule has 0 aliphatic heterocycles. The first kappa shape index (κ1) is 17.7. The third-order valence-electron chi connectivity index (χ3n) is 4.47. The van der Waals surface area contributed by atoms with Crippen molar-refractivity contribution in [1.82, 2.24) is 10.2 Å². The maximum Gasteiger partial charge on any atom is 0.317 e. The lowest BCUT2D eigenvalue weighted by atomic mass is 9.94. The zero-order chi connectivity index (χ0) is 17.0. The fourth-order valence-corrected chi connectivity index (χ4v) is 3.30. The Kier molecular flexibility index (Phi) is 5.99. The van der Waals surface area contributed by atoms with E-state index in [0.717, 1.165) is 24.8 Å². The smallest absolute Gasteiger partial charge is 0.317 e. The first-order chi connectivity index (χ1) is 10.9. The maximum absolute atomic E-state index is 13.1. The topological polar surface area (TPSA) is 52.6 Å². The van der Waals surface area contributed by atoms with Crippen molar-refractivity contribution in [3.8, 4) is 0 Å². The Morgan fingerprint density at radius 2 is 1.96 bits per heavy atom. The van der Waals surface area contributed by atoms with E-state index in [1.165, 1.54) is 12.1 Å². The molecule has 1 aromatic rings. The van der Waals surface area contributed by atoms with Gasteiger partial charge in [0.25, 0.3) is 0 Å². The SMILES string of the molecule is CC(O)CN(C(=O)NC1CCCC1c1ccc(F)cc1)C(C)C. The quantitative estimate of drug-likeness (QED) is 0.874. The molecule has 128 valence electrons. The number of aliphatic hydroxyl groups excluding tert-OH is 1. The molecular formula is C18H27FN2O2. The van der Waals surface area contributed by atoms with Crippen LogP contribution in [-0.2, 0) is 0 Å². The molecule has 1 saturated carbocycles. The Morgan fingerprint density at radius 3 is 2.52 bits per heavy atom. The third kappa shape index (κ3) is 4.67. The molecule has 0 aromatic heterocycles. The molecule has 3 unspecified atom stereocenters. The number of nitrogens with zero attached hydrogens (tertiary/aromatic N) is 1. The normalized spacial score (nSPS) is 22.2. The lowest BCUT2D eigenvalue weighted by Gasteiger charge is -2.31. The van der Waals surface area contributed by atoms with Crippen molar-refractivity contribution >= 4 is 6.03 Å². The summed E-state index contributed by atoms with van der Waals surface area (Å²) in [5, 5.41) is 12.7. The van der Waals surface area contributed by atoms with Gasteiger partial charge in [0.2, 0.25) is 0 Å². The molecule has 1 aliphatic carbocycles. The number of aliphatic hydroxyl groups is 1. The zero-order valence-corrected chi connectivity index (χ0v) is 14.1. The minimum atomic E-state index is -0.556. The van der Waals surface area contributed by atoms with E-state index >= 15 is 0 Å². The summed E-state index contributed by atoms with van der Waals surface area (Å²) in [5.74, 6) is -0.0182. The number of urea groups is 1. The number of nitrogens with one attached hydrogen (secondary N) is 1. The van der Waals surface area contributed by atoms with Gasteiger partial charge in [0.05, 0.1) is 6.10 Å². The standard InChI is InChI=1S/C18H27FN2O2/c1-12(2)21(11-13(3)22)18(23)20-17-6-4-5-16(17)14-7-9-15(19)10-8-14/h7-10,12-13,16-17,22H,4-6,11H2,1-3H3,(H,20,23). The number of halogens is 1. The highest BCUT2D eigenvalue weighted by Crippen LogP contribution is 2.34. The molecule has 5 heteroatoms. The molecule has 4 nitrogen and oxygen atoms in total. The molecule has 1 aromatic carbocycles. The van der Waals surface area contributed by atoms with Crippen LogP contribution in [0.25, 0.3) is 0 Å². The van der Waals surface area contributed by atoms with E-state index < -0.39 is 6.10 Å². The first-order valence-electron chi connectivity index (χ1n) is 8.39. The third-order valence-corrected chi connectivity index (χ3v) is 4.47. The van der Waals surface area contributed by atoms with Crippen molar-refractivity contribution in [2.75, 3.05) is 6.54 Å². The highest BCUT2D eigenvalue weighted by Gasteiger charge is 2.31. The average molecular weight is 322 g/mol. The van der Waals surface area contributed by atoms with Crippen molar-refractivity contribution in [1.29, 1.82) is 0 Å². The van der Waals surface area contributed by atoms with Crippen molar-refractivity contribution in [3.05, 3.63) is 35.6 Å². The monoisotopic (exact) mass is 322 g/mol. The van der Waals surface area contributed by atoms with E-state index in [1.807, 2.05) is 13.8 Å². The Labute approximate surface area is 137 Å². The molecule has 1 fully saturated rings. The number of rotatable bonds is 5. The van der Waals surface area contributed by atoms with Crippen LogP contribution >= 0.6 is 0 Å². The second-order valence-corrected chi connectivity index (χ2v) is 6.74. The van der Waals surface area contributed by atoms with Crippen LogP contribution in [0, 0.1) is 5.82 Å². The summed E-state index contributed by atoms with van der Waals surface area (Å²) in [4.78, 5) is 14.2. The van der Waals surface area contributed by atoms with Gasteiger partial charge in [-0.25, -0.2) is 9.18 Å².